The number of carbonyl (C=O) groups is 2. The molecule has 0 fully saturated rings. The maximum Gasteiger partial charge on any atom is 0.337 e. The molecule has 0 aromatic carbocycles. The highest BCUT2D eigenvalue weighted by molar-refractivity contribution is 6.04. The minimum absolute atomic E-state index is 0.255. The van der Waals surface area contributed by atoms with Crippen molar-refractivity contribution in [2.45, 2.75) is 19.1 Å². The summed E-state index contributed by atoms with van der Waals surface area (Å²) in [6.45, 7) is 1.85. The Hall–Kier alpha value is -1.62. The first-order valence-corrected chi connectivity index (χ1v) is 4.84. The van der Waals surface area contributed by atoms with Gasteiger partial charge in [0.15, 0.2) is 0 Å². The molecule has 0 N–H and O–H groups in total. The van der Waals surface area contributed by atoms with Gasteiger partial charge in [0.25, 0.3) is 0 Å². The molecule has 0 aromatic heterocycles. The van der Waals surface area contributed by atoms with Crippen LogP contribution in [-0.4, -0.2) is 38.4 Å². The van der Waals surface area contributed by atoms with Crippen molar-refractivity contribution in [3.8, 4) is 0 Å². The number of esters is 2. The molecule has 0 aliphatic carbocycles. The first-order chi connectivity index (χ1) is 7.60. The summed E-state index contributed by atoms with van der Waals surface area (Å²) in [5.74, 6) is -1.09. The smallest absolute Gasteiger partial charge is 0.337 e. The van der Waals surface area contributed by atoms with E-state index in [2.05, 4.69) is 9.47 Å². The Kier molecular flexibility index (Phi) is 2.55. The van der Waals surface area contributed by atoms with E-state index in [-0.39, 0.29) is 11.1 Å². The number of rotatable bonds is 2. The molecule has 86 valence electrons. The van der Waals surface area contributed by atoms with Crippen molar-refractivity contribution in [3.05, 3.63) is 22.8 Å². The van der Waals surface area contributed by atoms with Gasteiger partial charge in [0.1, 0.15) is 12.2 Å². The molecule has 0 saturated heterocycles. The molecule has 2 atom stereocenters. The molecule has 2 heterocycles. The van der Waals surface area contributed by atoms with Crippen molar-refractivity contribution in [1.82, 2.24) is 0 Å². The average molecular weight is 224 g/mol. The summed E-state index contributed by atoms with van der Waals surface area (Å²) in [5, 5.41) is 0. The van der Waals surface area contributed by atoms with E-state index in [1.807, 2.05) is 13.0 Å². The van der Waals surface area contributed by atoms with Gasteiger partial charge in [0, 0.05) is 0 Å². The number of fused-ring (bicyclic) bond motifs is 2. The second-order valence-corrected chi connectivity index (χ2v) is 3.66. The Balaban J connectivity index is 2.44. The van der Waals surface area contributed by atoms with Crippen molar-refractivity contribution in [2.75, 3.05) is 14.2 Å². The number of carbonyl (C=O) groups excluding carboxylic acids is 2. The minimum atomic E-state index is -0.545. The van der Waals surface area contributed by atoms with Crippen molar-refractivity contribution < 1.29 is 23.8 Å². The first kappa shape index (κ1) is 10.9. The highest BCUT2D eigenvalue weighted by Crippen LogP contribution is 2.39. The van der Waals surface area contributed by atoms with Crippen LogP contribution in [0, 0.1) is 0 Å². The van der Waals surface area contributed by atoms with Gasteiger partial charge < -0.3 is 14.2 Å². The second kappa shape index (κ2) is 3.75. The van der Waals surface area contributed by atoms with Gasteiger partial charge in [0.05, 0.1) is 25.4 Å². The Labute approximate surface area is 92.7 Å². The summed E-state index contributed by atoms with van der Waals surface area (Å²) in [5.41, 5.74) is 1.43. The molecule has 5 heteroatoms. The summed E-state index contributed by atoms with van der Waals surface area (Å²) in [6.07, 6.45) is 0.863. The maximum absolute atomic E-state index is 11.6. The lowest BCUT2D eigenvalue weighted by atomic mass is 9.92. The highest BCUT2D eigenvalue weighted by atomic mass is 16.5. The van der Waals surface area contributed by atoms with Gasteiger partial charge >= 0.3 is 11.9 Å². The van der Waals surface area contributed by atoms with Gasteiger partial charge in [-0.3, -0.25) is 0 Å². The normalized spacial score (nSPS) is 26.8. The standard InChI is InChI=1S/C11H12O5/c1-5-4-6-7(10(12)14-2)8(9(5)16-6)11(13)15-3/h4,6,9H,1-3H3. The van der Waals surface area contributed by atoms with Crippen LogP contribution in [0.15, 0.2) is 22.8 Å². The lowest BCUT2D eigenvalue weighted by Crippen LogP contribution is -2.22. The fourth-order valence-corrected chi connectivity index (χ4v) is 2.02. The number of hydrogen-bond acceptors (Lipinski definition) is 5. The summed E-state index contributed by atoms with van der Waals surface area (Å²) in [7, 11) is 2.54. The van der Waals surface area contributed by atoms with E-state index in [4.69, 9.17) is 4.74 Å². The van der Waals surface area contributed by atoms with Crippen LogP contribution >= 0.6 is 0 Å². The van der Waals surface area contributed by atoms with Gasteiger partial charge in [-0.15, -0.1) is 0 Å². The topological polar surface area (TPSA) is 61.8 Å². The van der Waals surface area contributed by atoms with Gasteiger partial charge in [-0.1, -0.05) is 0 Å². The highest BCUT2D eigenvalue weighted by Gasteiger charge is 2.46. The van der Waals surface area contributed by atoms with E-state index in [0.717, 1.165) is 5.57 Å². The summed E-state index contributed by atoms with van der Waals surface area (Å²) in [4.78, 5) is 23.1. The molecule has 0 radical (unpaired) electrons. The summed E-state index contributed by atoms with van der Waals surface area (Å²) < 4.78 is 14.8. The minimum Gasteiger partial charge on any atom is -0.466 e. The molecule has 2 rings (SSSR count). The van der Waals surface area contributed by atoms with Crippen LogP contribution in [0.2, 0.25) is 0 Å². The fraction of sp³-hybridized carbons (Fsp3) is 0.455. The predicted molar refractivity (Wildman–Crippen MR) is 53.5 cm³/mol. The Morgan fingerprint density at radius 2 is 1.75 bits per heavy atom. The van der Waals surface area contributed by atoms with Crippen LogP contribution in [0.4, 0.5) is 0 Å². The Bertz CT molecular complexity index is 418. The number of hydrogen-bond donors (Lipinski definition) is 0. The third-order valence-corrected chi connectivity index (χ3v) is 2.76. The number of ether oxygens (including phenoxy) is 3. The van der Waals surface area contributed by atoms with Gasteiger partial charge in [-0.05, 0) is 18.6 Å². The molecule has 0 aromatic rings. The lowest BCUT2D eigenvalue weighted by molar-refractivity contribution is -0.139. The zero-order valence-electron chi connectivity index (χ0n) is 9.27. The summed E-state index contributed by atoms with van der Waals surface area (Å²) >= 11 is 0. The van der Waals surface area contributed by atoms with Crippen molar-refractivity contribution in [1.29, 1.82) is 0 Å². The Morgan fingerprint density at radius 3 is 2.31 bits per heavy atom. The molecule has 0 saturated carbocycles. The largest absolute Gasteiger partial charge is 0.466 e. The SMILES string of the molecule is COC(=O)C1=C(C(=O)OC)C2OC1C=C2C. The van der Waals surface area contributed by atoms with Crippen LogP contribution in [0.1, 0.15) is 6.92 Å². The van der Waals surface area contributed by atoms with Crippen LogP contribution < -0.4 is 0 Å². The zero-order valence-corrected chi connectivity index (χ0v) is 9.27. The van der Waals surface area contributed by atoms with Gasteiger partial charge in [-0.25, -0.2) is 9.59 Å². The summed E-state index contributed by atoms with van der Waals surface area (Å²) in [6, 6.07) is 0. The average Bonchev–Trinajstić information content (AvgIpc) is 2.82. The van der Waals surface area contributed by atoms with Crippen LogP contribution in [0.5, 0.6) is 0 Å². The van der Waals surface area contributed by atoms with E-state index in [1.54, 1.807) is 0 Å². The quantitative estimate of drug-likeness (QED) is 0.500. The second-order valence-electron chi connectivity index (χ2n) is 3.66. The molecular formula is C11H12O5. The third kappa shape index (κ3) is 1.36. The fourth-order valence-electron chi connectivity index (χ4n) is 2.02. The van der Waals surface area contributed by atoms with E-state index in [1.165, 1.54) is 14.2 Å². The van der Waals surface area contributed by atoms with Crippen molar-refractivity contribution in [2.24, 2.45) is 0 Å². The zero-order chi connectivity index (χ0) is 11.9. The molecule has 5 nitrogen and oxygen atoms in total. The molecule has 2 unspecified atom stereocenters. The van der Waals surface area contributed by atoms with E-state index in [9.17, 15) is 9.59 Å². The molecule has 0 amide bonds. The van der Waals surface area contributed by atoms with Gasteiger partial charge in [-0.2, -0.15) is 0 Å². The van der Waals surface area contributed by atoms with Crippen LogP contribution in [0.3, 0.4) is 0 Å². The van der Waals surface area contributed by atoms with Crippen molar-refractivity contribution >= 4 is 11.9 Å². The predicted octanol–water partition coefficient (Wildman–Crippen LogP) is 0.356. The molecule has 2 bridgehead atoms. The Morgan fingerprint density at radius 1 is 1.19 bits per heavy atom. The third-order valence-electron chi connectivity index (χ3n) is 2.76. The van der Waals surface area contributed by atoms with Crippen LogP contribution in [-0.2, 0) is 23.8 Å². The van der Waals surface area contributed by atoms with Crippen LogP contribution in [0.25, 0.3) is 0 Å². The number of methoxy groups -OCH3 is 2. The molecule has 2 aliphatic heterocycles. The first-order valence-electron chi connectivity index (χ1n) is 4.84. The van der Waals surface area contributed by atoms with Crippen molar-refractivity contribution in [3.63, 3.8) is 0 Å². The van der Waals surface area contributed by atoms with E-state index in [0.29, 0.717) is 0 Å². The molecule has 16 heavy (non-hydrogen) atoms. The van der Waals surface area contributed by atoms with E-state index >= 15 is 0 Å². The molecular weight excluding hydrogens is 212 g/mol. The maximum atomic E-state index is 11.6. The molecule has 0 spiro atoms. The lowest BCUT2D eigenvalue weighted by Gasteiger charge is -2.12. The van der Waals surface area contributed by atoms with Gasteiger partial charge in [0.2, 0.25) is 0 Å². The van der Waals surface area contributed by atoms with E-state index < -0.39 is 24.1 Å². The monoisotopic (exact) mass is 224 g/mol. The molecule has 2 aliphatic rings.